The SMILES string of the molecule is C[C@]1(c2ccc(O)cc2)COc2cc(O)ccc2C1CS(=O)CCN1CCCCC1. The number of aromatic hydroxyl groups is 2. The van der Waals surface area contributed by atoms with Crippen LogP contribution >= 0.6 is 0 Å². The van der Waals surface area contributed by atoms with Gasteiger partial charge in [-0.2, -0.15) is 0 Å². The number of likely N-dealkylation sites (tertiary alicyclic amines) is 1. The Labute approximate surface area is 181 Å². The fourth-order valence-electron chi connectivity index (χ4n) is 4.69. The van der Waals surface area contributed by atoms with Gasteiger partial charge in [0, 0.05) is 46.2 Å². The molecule has 0 spiro atoms. The molecule has 2 aromatic rings. The molecule has 1 saturated heterocycles. The number of phenolic OH excluding ortho intramolecular Hbond substituents is 2. The van der Waals surface area contributed by atoms with Gasteiger partial charge in [0.1, 0.15) is 17.2 Å². The molecule has 0 radical (unpaired) electrons. The maximum absolute atomic E-state index is 13.2. The number of nitrogens with zero attached hydrogens (tertiary/aromatic N) is 1. The van der Waals surface area contributed by atoms with Crippen LogP contribution in [-0.4, -0.2) is 57.1 Å². The van der Waals surface area contributed by atoms with Gasteiger partial charge in [-0.15, -0.1) is 0 Å². The van der Waals surface area contributed by atoms with E-state index in [2.05, 4.69) is 11.8 Å². The van der Waals surface area contributed by atoms with Gasteiger partial charge in [-0.25, -0.2) is 0 Å². The average molecular weight is 430 g/mol. The van der Waals surface area contributed by atoms with Crippen molar-refractivity contribution in [2.75, 3.05) is 37.7 Å². The zero-order valence-corrected chi connectivity index (χ0v) is 18.4. The summed E-state index contributed by atoms with van der Waals surface area (Å²) in [5.41, 5.74) is 1.66. The summed E-state index contributed by atoms with van der Waals surface area (Å²) in [6.07, 6.45) is 3.78. The number of benzene rings is 2. The van der Waals surface area contributed by atoms with Gasteiger partial charge in [0.05, 0.1) is 6.61 Å². The number of ether oxygens (including phenoxy) is 1. The average Bonchev–Trinajstić information content (AvgIpc) is 2.75. The van der Waals surface area contributed by atoms with Gasteiger partial charge in [0.25, 0.3) is 0 Å². The van der Waals surface area contributed by atoms with Gasteiger partial charge in [-0.3, -0.25) is 4.21 Å². The molecule has 2 aliphatic heterocycles. The number of phenols is 2. The smallest absolute Gasteiger partial charge is 0.126 e. The van der Waals surface area contributed by atoms with E-state index >= 15 is 0 Å². The Bertz CT molecular complexity index is 895. The molecule has 0 bridgehead atoms. The van der Waals surface area contributed by atoms with Crippen molar-refractivity contribution in [1.82, 2.24) is 4.90 Å². The molecule has 30 heavy (non-hydrogen) atoms. The maximum Gasteiger partial charge on any atom is 0.126 e. The van der Waals surface area contributed by atoms with Crippen LogP contribution in [0.4, 0.5) is 0 Å². The number of rotatable bonds is 6. The number of hydrogen-bond acceptors (Lipinski definition) is 5. The highest BCUT2D eigenvalue weighted by atomic mass is 32.2. The van der Waals surface area contributed by atoms with Crippen molar-refractivity contribution in [1.29, 1.82) is 0 Å². The minimum atomic E-state index is -0.966. The van der Waals surface area contributed by atoms with Crippen LogP contribution in [0.25, 0.3) is 0 Å². The Morgan fingerprint density at radius 3 is 2.50 bits per heavy atom. The van der Waals surface area contributed by atoms with Gasteiger partial charge >= 0.3 is 0 Å². The molecule has 2 heterocycles. The summed E-state index contributed by atoms with van der Waals surface area (Å²) in [5.74, 6) is 2.29. The van der Waals surface area contributed by atoms with E-state index in [0.29, 0.717) is 23.9 Å². The van der Waals surface area contributed by atoms with E-state index in [1.807, 2.05) is 18.2 Å². The lowest BCUT2D eigenvalue weighted by Gasteiger charge is -2.42. The van der Waals surface area contributed by atoms with Gasteiger partial charge in [0.2, 0.25) is 0 Å². The van der Waals surface area contributed by atoms with E-state index in [1.54, 1.807) is 24.3 Å². The second kappa shape index (κ2) is 8.98. The molecule has 2 unspecified atom stereocenters. The summed E-state index contributed by atoms with van der Waals surface area (Å²) in [6.45, 7) is 5.68. The quantitative estimate of drug-likeness (QED) is 0.732. The molecule has 2 N–H and O–H groups in total. The molecule has 0 aliphatic carbocycles. The Morgan fingerprint density at radius 2 is 1.77 bits per heavy atom. The van der Waals surface area contributed by atoms with Crippen molar-refractivity contribution in [2.24, 2.45) is 0 Å². The molecule has 6 heteroatoms. The van der Waals surface area contributed by atoms with Crippen LogP contribution in [0, 0.1) is 0 Å². The zero-order chi connectivity index (χ0) is 21.1. The predicted octanol–water partition coefficient (Wildman–Crippen LogP) is 3.77. The second-order valence-electron chi connectivity index (χ2n) is 8.74. The summed E-state index contributed by atoms with van der Waals surface area (Å²) >= 11 is 0. The summed E-state index contributed by atoms with van der Waals surface area (Å²) < 4.78 is 19.2. The molecular formula is C24H31NO4S. The van der Waals surface area contributed by atoms with Gasteiger partial charge in [-0.1, -0.05) is 31.5 Å². The third-order valence-electron chi connectivity index (χ3n) is 6.63. The monoisotopic (exact) mass is 429 g/mol. The normalized spacial score (nSPS) is 25.3. The Morgan fingerprint density at radius 1 is 1.07 bits per heavy atom. The van der Waals surface area contributed by atoms with Crippen molar-refractivity contribution in [3.8, 4) is 17.2 Å². The summed E-state index contributed by atoms with van der Waals surface area (Å²) in [6, 6.07) is 12.5. The van der Waals surface area contributed by atoms with Crippen molar-refractivity contribution >= 4 is 10.8 Å². The lowest BCUT2D eigenvalue weighted by Crippen LogP contribution is -2.43. The van der Waals surface area contributed by atoms with Gasteiger partial charge in [-0.05, 0) is 55.3 Å². The first-order valence-electron chi connectivity index (χ1n) is 10.8. The highest BCUT2D eigenvalue weighted by molar-refractivity contribution is 7.85. The molecule has 3 atom stereocenters. The third-order valence-corrected chi connectivity index (χ3v) is 7.98. The fourth-order valence-corrected chi connectivity index (χ4v) is 6.24. The molecule has 2 aliphatic rings. The molecule has 4 rings (SSSR count). The molecule has 0 saturated carbocycles. The number of hydrogen-bond donors (Lipinski definition) is 2. The zero-order valence-electron chi connectivity index (χ0n) is 17.5. The molecule has 2 aromatic carbocycles. The fraction of sp³-hybridized carbons (Fsp3) is 0.500. The lowest BCUT2D eigenvalue weighted by atomic mass is 9.69. The minimum Gasteiger partial charge on any atom is -0.508 e. The van der Waals surface area contributed by atoms with E-state index in [9.17, 15) is 14.4 Å². The summed E-state index contributed by atoms with van der Waals surface area (Å²) in [7, 11) is -0.966. The first kappa shape index (κ1) is 21.2. The van der Waals surface area contributed by atoms with Gasteiger partial charge < -0.3 is 19.8 Å². The van der Waals surface area contributed by atoms with Crippen LogP contribution in [-0.2, 0) is 16.2 Å². The highest BCUT2D eigenvalue weighted by Crippen LogP contribution is 2.47. The first-order valence-corrected chi connectivity index (χ1v) is 12.3. The maximum atomic E-state index is 13.2. The Balaban J connectivity index is 1.58. The van der Waals surface area contributed by atoms with Crippen LogP contribution in [0.2, 0.25) is 0 Å². The minimum absolute atomic E-state index is 0.00594. The van der Waals surface area contributed by atoms with E-state index in [-0.39, 0.29) is 22.8 Å². The highest BCUT2D eigenvalue weighted by Gasteiger charge is 2.43. The molecule has 1 fully saturated rings. The van der Waals surface area contributed by atoms with Crippen LogP contribution in [0.15, 0.2) is 42.5 Å². The van der Waals surface area contributed by atoms with Crippen molar-refractivity contribution in [2.45, 2.75) is 37.5 Å². The van der Waals surface area contributed by atoms with E-state index in [0.717, 1.165) is 30.8 Å². The topological polar surface area (TPSA) is 70.0 Å². The molecular weight excluding hydrogens is 398 g/mol. The number of fused-ring (bicyclic) bond motifs is 1. The van der Waals surface area contributed by atoms with Crippen LogP contribution in [0.5, 0.6) is 17.2 Å². The van der Waals surface area contributed by atoms with Gasteiger partial charge in [0.15, 0.2) is 0 Å². The largest absolute Gasteiger partial charge is 0.508 e. The van der Waals surface area contributed by atoms with Crippen LogP contribution in [0.1, 0.15) is 43.2 Å². The van der Waals surface area contributed by atoms with Crippen LogP contribution in [0.3, 0.4) is 0 Å². The first-order chi connectivity index (χ1) is 14.5. The lowest BCUT2D eigenvalue weighted by molar-refractivity contribution is 0.176. The van der Waals surface area contributed by atoms with E-state index in [1.165, 1.54) is 19.3 Å². The molecule has 5 nitrogen and oxygen atoms in total. The van der Waals surface area contributed by atoms with Crippen LogP contribution < -0.4 is 4.74 Å². The Hall–Kier alpha value is -2.05. The number of piperidine rings is 1. The van der Waals surface area contributed by atoms with E-state index < -0.39 is 10.8 Å². The predicted molar refractivity (Wildman–Crippen MR) is 120 cm³/mol. The summed E-state index contributed by atoms with van der Waals surface area (Å²) in [5, 5.41) is 19.6. The van der Waals surface area contributed by atoms with Crippen molar-refractivity contribution < 1.29 is 19.2 Å². The van der Waals surface area contributed by atoms with E-state index in [4.69, 9.17) is 4.74 Å². The molecule has 162 valence electrons. The summed E-state index contributed by atoms with van der Waals surface area (Å²) in [4.78, 5) is 2.43. The third kappa shape index (κ3) is 4.49. The molecule has 0 amide bonds. The van der Waals surface area contributed by atoms with Crippen molar-refractivity contribution in [3.05, 3.63) is 53.6 Å². The second-order valence-corrected chi connectivity index (χ2v) is 10.4. The van der Waals surface area contributed by atoms with Crippen molar-refractivity contribution in [3.63, 3.8) is 0 Å². The molecule has 0 aromatic heterocycles. The Kier molecular flexibility index (Phi) is 6.34. The standard InChI is InChI=1S/C24H31NO4S/c1-24(18-5-7-19(26)8-6-18)17-29-23-15-20(27)9-10-21(23)22(24)16-30(28)14-13-25-11-3-2-4-12-25/h5-10,15,22,26-27H,2-4,11-14,16-17H2,1H3/t22?,24-,30?/m1/s1.